The van der Waals surface area contributed by atoms with Crippen LogP contribution in [0.25, 0.3) is 6.08 Å². The van der Waals surface area contributed by atoms with Crippen LogP contribution < -0.4 is 4.74 Å². The second kappa shape index (κ2) is 8.84. The second-order valence-electron chi connectivity index (χ2n) is 4.65. The molecular formula is C17H22O4. The minimum absolute atomic E-state index is 0.0872. The van der Waals surface area contributed by atoms with Crippen LogP contribution in [-0.2, 0) is 4.79 Å². The van der Waals surface area contributed by atoms with E-state index >= 15 is 0 Å². The molecule has 0 aliphatic carbocycles. The topological polar surface area (TPSA) is 66.8 Å². The number of phenolic OH excluding ortho intramolecular Hbond substituents is 1. The van der Waals surface area contributed by atoms with Gasteiger partial charge in [0, 0.05) is 12.5 Å². The van der Waals surface area contributed by atoms with Crippen molar-refractivity contribution in [1.29, 1.82) is 0 Å². The van der Waals surface area contributed by atoms with Crippen molar-refractivity contribution in [3.8, 4) is 11.5 Å². The molecule has 0 fully saturated rings. The summed E-state index contributed by atoms with van der Waals surface area (Å²) >= 11 is 0. The molecule has 0 amide bonds. The first kappa shape index (κ1) is 16.8. The van der Waals surface area contributed by atoms with Gasteiger partial charge in [-0.1, -0.05) is 32.4 Å². The molecule has 4 heteroatoms. The van der Waals surface area contributed by atoms with Gasteiger partial charge in [0.1, 0.15) is 5.76 Å². The number of phenols is 1. The number of carbonyl (C=O) groups excluding carboxylic acids is 1. The van der Waals surface area contributed by atoms with E-state index in [1.54, 1.807) is 31.2 Å². The molecule has 21 heavy (non-hydrogen) atoms. The molecule has 1 rings (SSSR count). The summed E-state index contributed by atoms with van der Waals surface area (Å²) in [5.41, 5.74) is 0.767. The zero-order chi connectivity index (χ0) is 15.7. The van der Waals surface area contributed by atoms with Crippen LogP contribution in [0.15, 0.2) is 36.1 Å². The number of aliphatic hydroxyl groups excluding tert-OH is 1. The summed E-state index contributed by atoms with van der Waals surface area (Å²) in [4.78, 5) is 11.2. The average molecular weight is 290 g/mol. The highest BCUT2D eigenvalue weighted by Gasteiger charge is 2.03. The Kier molecular flexibility index (Phi) is 7.09. The third-order valence-corrected chi connectivity index (χ3v) is 2.84. The Morgan fingerprint density at radius 1 is 1.33 bits per heavy atom. The summed E-state index contributed by atoms with van der Waals surface area (Å²) in [7, 11) is 0. The second-order valence-corrected chi connectivity index (χ2v) is 4.65. The van der Waals surface area contributed by atoms with Gasteiger partial charge in [-0.25, -0.2) is 0 Å². The zero-order valence-electron chi connectivity index (χ0n) is 12.5. The highest BCUT2D eigenvalue weighted by molar-refractivity contribution is 5.90. The van der Waals surface area contributed by atoms with Crippen molar-refractivity contribution in [2.45, 2.75) is 33.1 Å². The van der Waals surface area contributed by atoms with E-state index in [-0.39, 0.29) is 17.3 Å². The highest BCUT2D eigenvalue weighted by atomic mass is 16.5. The Morgan fingerprint density at radius 2 is 2.10 bits per heavy atom. The number of hydrogen-bond donors (Lipinski definition) is 2. The number of aliphatic hydroxyl groups is 1. The van der Waals surface area contributed by atoms with Crippen molar-refractivity contribution in [1.82, 2.24) is 0 Å². The highest BCUT2D eigenvalue weighted by Crippen LogP contribution is 2.27. The molecule has 0 saturated carbocycles. The van der Waals surface area contributed by atoms with Gasteiger partial charge in [-0.05, 0) is 30.2 Å². The first-order valence-corrected chi connectivity index (χ1v) is 7.14. The standard InChI is InChI=1S/C17H22O4/c1-3-5-10-21-17-11-13(7-9-16(17)20)6-8-15(19)12-14(18)4-2/h6-9,11-12,19-20H,3-5,10H2,1-2H3. The molecule has 0 aromatic heterocycles. The lowest BCUT2D eigenvalue weighted by Crippen LogP contribution is -1.96. The maximum absolute atomic E-state index is 11.2. The fourth-order valence-corrected chi connectivity index (χ4v) is 1.57. The van der Waals surface area contributed by atoms with Gasteiger partial charge < -0.3 is 14.9 Å². The predicted octanol–water partition coefficient (Wildman–Crippen LogP) is 4.01. The molecule has 0 unspecified atom stereocenters. The van der Waals surface area contributed by atoms with Crippen LogP contribution in [0.1, 0.15) is 38.7 Å². The van der Waals surface area contributed by atoms with Gasteiger partial charge in [-0.3, -0.25) is 4.79 Å². The van der Waals surface area contributed by atoms with E-state index in [4.69, 9.17) is 4.74 Å². The third kappa shape index (κ3) is 6.17. The molecule has 1 aromatic carbocycles. The molecule has 0 saturated heterocycles. The van der Waals surface area contributed by atoms with Crippen LogP contribution in [-0.4, -0.2) is 22.6 Å². The molecule has 1 aromatic rings. The molecule has 0 spiro atoms. The number of allylic oxidation sites excluding steroid dienone is 2. The number of unbranched alkanes of at least 4 members (excludes halogenated alkanes) is 1. The van der Waals surface area contributed by atoms with Crippen LogP contribution >= 0.6 is 0 Å². The number of benzene rings is 1. The summed E-state index contributed by atoms with van der Waals surface area (Å²) < 4.78 is 5.49. The van der Waals surface area contributed by atoms with Crippen LogP contribution in [0.5, 0.6) is 11.5 Å². The molecule has 0 atom stereocenters. The van der Waals surface area contributed by atoms with Gasteiger partial charge in [0.25, 0.3) is 0 Å². The zero-order valence-corrected chi connectivity index (χ0v) is 12.5. The summed E-state index contributed by atoms with van der Waals surface area (Å²) in [5.74, 6) is 0.276. The summed E-state index contributed by atoms with van der Waals surface area (Å²) in [5, 5.41) is 19.3. The Balaban J connectivity index is 2.77. The predicted molar refractivity (Wildman–Crippen MR) is 83.6 cm³/mol. The van der Waals surface area contributed by atoms with E-state index < -0.39 is 0 Å². The van der Waals surface area contributed by atoms with Crippen LogP contribution in [0.2, 0.25) is 0 Å². The van der Waals surface area contributed by atoms with E-state index in [2.05, 4.69) is 6.92 Å². The maximum atomic E-state index is 11.2. The summed E-state index contributed by atoms with van der Waals surface area (Å²) in [6.07, 6.45) is 6.57. The minimum Gasteiger partial charge on any atom is -0.508 e. The minimum atomic E-state index is -0.133. The van der Waals surface area contributed by atoms with Gasteiger partial charge in [-0.15, -0.1) is 0 Å². The van der Waals surface area contributed by atoms with Gasteiger partial charge in [0.15, 0.2) is 17.3 Å². The van der Waals surface area contributed by atoms with E-state index in [0.29, 0.717) is 18.8 Å². The lowest BCUT2D eigenvalue weighted by atomic mass is 10.1. The molecule has 0 heterocycles. The first-order valence-electron chi connectivity index (χ1n) is 7.14. The molecule has 0 aliphatic rings. The first-order chi connectivity index (χ1) is 10.1. The molecule has 114 valence electrons. The molecule has 0 aliphatic heterocycles. The molecule has 0 bridgehead atoms. The number of rotatable bonds is 8. The quantitative estimate of drug-likeness (QED) is 0.328. The third-order valence-electron chi connectivity index (χ3n) is 2.84. The van der Waals surface area contributed by atoms with Gasteiger partial charge >= 0.3 is 0 Å². The molecule has 0 radical (unpaired) electrons. The molecule has 4 nitrogen and oxygen atoms in total. The van der Waals surface area contributed by atoms with E-state index in [1.807, 2.05) is 0 Å². The van der Waals surface area contributed by atoms with Crippen molar-refractivity contribution < 1.29 is 19.7 Å². The summed E-state index contributed by atoms with van der Waals surface area (Å²) in [6.45, 7) is 4.35. The number of hydrogen-bond acceptors (Lipinski definition) is 4. The van der Waals surface area contributed by atoms with Crippen molar-refractivity contribution >= 4 is 11.9 Å². The number of ether oxygens (including phenoxy) is 1. The smallest absolute Gasteiger partial charge is 0.161 e. The van der Waals surface area contributed by atoms with Crippen LogP contribution in [0, 0.1) is 0 Å². The van der Waals surface area contributed by atoms with E-state index in [1.165, 1.54) is 12.2 Å². The normalized spacial score (nSPS) is 11.8. The van der Waals surface area contributed by atoms with Crippen molar-refractivity contribution in [3.63, 3.8) is 0 Å². The Labute approximate surface area is 125 Å². The Morgan fingerprint density at radius 3 is 2.76 bits per heavy atom. The molecular weight excluding hydrogens is 268 g/mol. The fourth-order valence-electron chi connectivity index (χ4n) is 1.57. The summed E-state index contributed by atoms with van der Waals surface area (Å²) in [6, 6.07) is 4.93. The van der Waals surface area contributed by atoms with Crippen molar-refractivity contribution in [2.75, 3.05) is 6.61 Å². The van der Waals surface area contributed by atoms with Crippen molar-refractivity contribution in [2.24, 2.45) is 0 Å². The lowest BCUT2D eigenvalue weighted by Gasteiger charge is -2.08. The fraction of sp³-hybridized carbons (Fsp3) is 0.353. The van der Waals surface area contributed by atoms with Gasteiger partial charge in [-0.2, -0.15) is 0 Å². The number of carbonyl (C=O) groups is 1. The largest absolute Gasteiger partial charge is 0.508 e. The average Bonchev–Trinajstić information content (AvgIpc) is 2.47. The van der Waals surface area contributed by atoms with Gasteiger partial charge in [0.2, 0.25) is 0 Å². The Bertz CT molecular complexity index is 530. The van der Waals surface area contributed by atoms with Crippen molar-refractivity contribution in [3.05, 3.63) is 41.7 Å². The number of ketones is 1. The van der Waals surface area contributed by atoms with Crippen LogP contribution in [0.3, 0.4) is 0 Å². The lowest BCUT2D eigenvalue weighted by molar-refractivity contribution is -0.114. The van der Waals surface area contributed by atoms with E-state index in [0.717, 1.165) is 18.4 Å². The SMILES string of the molecule is CCCCOc1cc(C=CC(O)=CC(=O)CC)ccc1O. The molecule has 2 N–H and O–H groups in total. The van der Waals surface area contributed by atoms with Crippen LogP contribution in [0.4, 0.5) is 0 Å². The maximum Gasteiger partial charge on any atom is 0.161 e. The van der Waals surface area contributed by atoms with E-state index in [9.17, 15) is 15.0 Å². The number of aromatic hydroxyl groups is 1. The van der Waals surface area contributed by atoms with Gasteiger partial charge in [0.05, 0.1) is 6.61 Å². The Hall–Kier alpha value is -2.23. The monoisotopic (exact) mass is 290 g/mol.